The molecule has 2 aromatic heterocycles. The fourth-order valence-electron chi connectivity index (χ4n) is 0.728. The van der Waals surface area contributed by atoms with E-state index >= 15 is 0 Å². The normalized spacial score (nSPS) is 10.0. The maximum Gasteiger partial charge on any atom is 0.182 e. The minimum atomic E-state index is 0.748. The molecule has 50 valence electrons. The molecule has 0 aliphatic carbocycles. The first-order chi connectivity index (χ1) is 4.97. The van der Waals surface area contributed by atoms with E-state index in [0.717, 1.165) is 5.82 Å². The highest BCUT2D eigenvalue weighted by Crippen LogP contribution is 2.00. The number of hydrogen-bond acceptors (Lipinski definition) is 3. The van der Waals surface area contributed by atoms with Gasteiger partial charge in [-0.25, -0.2) is 4.98 Å². The molecule has 0 atom stereocenters. The SMILES string of the molecule is c1cn(-c2cocn2)cn1. The fraction of sp³-hybridized carbons (Fsp3) is 0. The largest absolute Gasteiger partial charge is 0.449 e. The van der Waals surface area contributed by atoms with E-state index in [9.17, 15) is 0 Å². The Labute approximate surface area is 57.1 Å². The lowest BCUT2D eigenvalue weighted by Gasteiger charge is -1.89. The van der Waals surface area contributed by atoms with E-state index in [0.29, 0.717) is 0 Å². The van der Waals surface area contributed by atoms with E-state index in [-0.39, 0.29) is 0 Å². The van der Waals surface area contributed by atoms with Crippen molar-refractivity contribution in [3.05, 3.63) is 31.4 Å². The molecule has 2 rings (SSSR count). The average molecular weight is 135 g/mol. The van der Waals surface area contributed by atoms with Crippen molar-refractivity contribution in [2.24, 2.45) is 0 Å². The zero-order valence-electron chi connectivity index (χ0n) is 5.14. The van der Waals surface area contributed by atoms with Crippen LogP contribution in [0.2, 0.25) is 0 Å². The molecule has 2 heterocycles. The summed E-state index contributed by atoms with van der Waals surface area (Å²) in [6, 6.07) is 0. The Morgan fingerprint density at radius 2 is 2.50 bits per heavy atom. The molecule has 0 bridgehead atoms. The van der Waals surface area contributed by atoms with Crippen molar-refractivity contribution in [3.63, 3.8) is 0 Å². The van der Waals surface area contributed by atoms with Crippen LogP contribution in [0.5, 0.6) is 0 Å². The predicted molar refractivity (Wildman–Crippen MR) is 33.6 cm³/mol. The third-order valence-corrected chi connectivity index (χ3v) is 1.19. The minimum Gasteiger partial charge on any atom is -0.449 e. The Balaban J connectivity index is 2.48. The van der Waals surface area contributed by atoms with E-state index in [2.05, 4.69) is 9.97 Å². The second-order valence-corrected chi connectivity index (χ2v) is 1.82. The highest BCUT2D eigenvalue weighted by molar-refractivity contribution is 5.14. The Hall–Kier alpha value is -1.58. The zero-order chi connectivity index (χ0) is 6.81. The molecule has 0 saturated carbocycles. The van der Waals surface area contributed by atoms with E-state index in [4.69, 9.17) is 4.42 Å². The Morgan fingerprint density at radius 1 is 1.50 bits per heavy atom. The number of oxazole rings is 1. The molecule has 0 aliphatic rings. The quantitative estimate of drug-likeness (QED) is 0.582. The topological polar surface area (TPSA) is 43.9 Å². The van der Waals surface area contributed by atoms with Gasteiger partial charge in [-0.3, -0.25) is 4.57 Å². The molecular weight excluding hydrogens is 130 g/mol. The smallest absolute Gasteiger partial charge is 0.182 e. The van der Waals surface area contributed by atoms with Gasteiger partial charge >= 0.3 is 0 Å². The van der Waals surface area contributed by atoms with Gasteiger partial charge in [0, 0.05) is 12.4 Å². The summed E-state index contributed by atoms with van der Waals surface area (Å²) in [6.45, 7) is 0. The van der Waals surface area contributed by atoms with Crippen molar-refractivity contribution in [1.82, 2.24) is 14.5 Å². The van der Waals surface area contributed by atoms with Gasteiger partial charge in [-0.1, -0.05) is 0 Å². The summed E-state index contributed by atoms with van der Waals surface area (Å²) in [6.07, 6.45) is 8.10. The lowest BCUT2D eigenvalue weighted by atomic mass is 10.7. The van der Waals surface area contributed by atoms with Crippen LogP contribution in [0.1, 0.15) is 0 Å². The molecular formula is C6H5N3O. The minimum absolute atomic E-state index is 0.748. The summed E-state index contributed by atoms with van der Waals surface area (Å²) in [5, 5.41) is 0. The summed E-state index contributed by atoms with van der Waals surface area (Å²) in [4.78, 5) is 7.77. The van der Waals surface area contributed by atoms with Crippen molar-refractivity contribution >= 4 is 0 Å². The van der Waals surface area contributed by atoms with Crippen molar-refractivity contribution in [1.29, 1.82) is 0 Å². The van der Waals surface area contributed by atoms with E-state index in [1.165, 1.54) is 6.39 Å². The number of hydrogen-bond donors (Lipinski definition) is 0. The average Bonchev–Trinajstić information content (AvgIpc) is 2.59. The van der Waals surface area contributed by atoms with Crippen LogP contribution in [-0.2, 0) is 0 Å². The van der Waals surface area contributed by atoms with Crippen LogP contribution in [0, 0.1) is 0 Å². The summed E-state index contributed by atoms with van der Waals surface area (Å²) in [5.74, 6) is 0.748. The van der Waals surface area contributed by atoms with Crippen molar-refractivity contribution in [2.45, 2.75) is 0 Å². The van der Waals surface area contributed by atoms with E-state index in [1.54, 1.807) is 29.6 Å². The Kier molecular flexibility index (Phi) is 1.04. The Bertz CT molecular complexity index is 252. The van der Waals surface area contributed by atoms with Crippen molar-refractivity contribution in [2.75, 3.05) is 0 Å². The lowest BCUT2D eigenvalue weighted by molar-refractivity contribution is 0.557. The molecule has 10 heavy (non-hydrogen) atoms. The first kappa shape index (κ1) is 5.22. The van der Waals surface area contributed by atoms with Crippen molar-refractivity contribution in [3.8, 4) is 5.82 Å². The number of nitrogens with zero attached hydrogens (tertiary/aromatic N) is 3. The highest BCUT2D eigenvalue weighted by Gasteiger charge is 1.94. The number of rotatable bonds is 1. The summed E-state index contributed by atoms with van der Waals surface area (Å²) < 4.78 is 6.55. The first-order valence-electron chi connectivity index (χ1n) is 2.83. The van der Waals surface area contributed by atoms with Gasteiger partial charge in [0.1, 0.15) is 12.6 Å². The summed E-state index contributed by atoms with van der Waals surface area (Å²) >= 11 is 0. The molecule has 0 radical (unpaired) electrons. The van der Waals surface area contributed by atoms with Crippen LogP contribution in [0.25, 0.3) is 5.82 Å². The van der Waals surface area contributed by atoms with Crippen LogP contribution in [0.3, 0.4) is 0 Å². The predicted octanol–water partition coefficient (Wildman–Crippen LogP) is 0.860. The molecule has 0 saturated heterocycles. The van der Waals surface area contributed by atoms with E-state index in [1.807, 2.05) is 0 Å². The van der Waals surface area contributed by atoms with Crippen LogP contribution < -0.4 is 0 Å². The third kappa shape index (κ3) is 0.699. The molecule has 0 fully saturated rings. The molecule has 0 unspecified atom stereocenters. The highest BCUT2D eigenvalue weighted by atomic mass is 16.3. The van der Waals surface area contributed by atoms with Gasteiger partial charge in [-0.05, 0) is 0 Å². The van der Waals surface area contributed by atoms with Crippen LogP contribution >= 0.6 is 0 Å². The molecule has 4 nitrogen and oxygen atoms in total. The molecule has 0 amide bonds. The maximum atomic E-state index is 4.78. The summed E-state index contributed by atoms with van der Waals surface area (Å²) in [5.41, 5.74) is 0. The van der Waals surface area contributed by atoms with Crippen LogP contribution in [0.15, 0.2) is 35.8 Å². The van der Waals surface area contributed by atoms with Gasteiger partial charge < -0.3 is 4.42 Å². The third-order valence-electron chi connectivity index (χ3n) is 1.19. The van der Waals surface area contributed by atoms with Gasteiger partial charge in [0.15, 0.2) is 12.2 Å². The molecule has 0 N–H and O–H groups in total. The fourth-order valence-corrected chi connectivity index (χ4v) is 0.728. The summed E-state index contributed by atoms with van der Waals surface area (Å²) in [7, 11) is 0. The lowest BCUT2D eigenvalue weighted by Crippen LogP contribution is -1.87. The van der Waals surface area contributed by atoms with Gasteiger partial charge in [0.05, 0.1) is 0 Å². The van der Waals surface area contributed by atoms with Gasteiger partial charge in [0.25, 0.3) is 0 Å². The zero-order valence-corrected chi connectivity index (χ0v) is 5.14. The molecule has 2 aromatic rings. The molecule has 0 aliphatic heterocycles. The molecule has 0 aromatic carbocycles. The van der Waals surface area contributed by atoms with Gasteiger partial charge in [-0.2, -0.15) is 4.98 Å². The van der Waals surface area contributed by atoms with E-state index < -0.39 is 0 Å². The Morgan fingerprint density at radius 3 is 3.10 bits per heavy atom. The number of aromatic nitrogens is 3. The second kappa shape index (κ2) is 1.98. The maximum absolute atomic E-state index is 4.78. The second-order valence-electron chi connectivity index (χ2n) is 1.82. The molecule has 0 spiro atoms. The molecule has 4 heteroatoms. The van der Waals surface area contributed by atoms with Crippen LogP contribution in [0.4, 0.5) is 0 Å². The van der Waals surface area contributed by atoms with Crippen LogP contribution in [-0.4, -0.2) is 14.5 Å². The van der Waals surface area contributed by atoms with Crippen molar-refractivity contribution < 1.29 is 4.42 Å². The monoisotopic (exact) mass is 135 g/mol. The first-order valence-corrected chi connectivity index (χ1v) is 2.83. The van der Waals surface area contributed by atoms with Gasteiger partial charge in [0.2, 0.25) is 0 Å². The number of imidazole rings is 1. The van der Waals surface area contributed by atoms with Gasteiger partial charge in [-0.15, -0.1) is 0 Å². The standard InChI is InChI=1S/C6H5N3O/c1-2-9(4-7-1)6-3-10-5-8-6/h1-5H.